The van der Waals surface area contributed by atoms with Crippen LogP contribution < -0.4 is 15.0 Å². The van der Waals surface area contributed by atoms with Crippen LogP contribution >= 0.6 is 47.8 Å². The van der Waals surface area contributed by atoms with Gasteiger partial charge < -0.3 is 14.6 Å². The van der Waals surface area contributed by atoms with Gasteiger partial charge in [0.15, 0.2) is 17.6 Å². The summed E-state index contributed by atoms with van der Waals surface area (Å²) in [6.07, 6.45) is 0.428. The number of carbonyl (C=O) groups is 1. The first kappa shape index (κ1) is 27.3. The molecule has 11 heteroatoms. The maximum atomic E-state index is 13.4. The first-order valence-electron chi connectivity index (χ1n) is 10.7. The van der Waals surface area contributed by atoms with Crippen LogP contribution in [0.1, 0.15) is 46.0 Å². The van der Waals surface area contributed by atoms with Crippen molar-refractivity contribution in [2.45, 2.75) is 46.1 Å². The molecule has 0 bridgehead atoms. The Morgan fingerprint density at radius 2 is 1.91 bits per heavy atom. The second-order valence-corrected chi connectivity index (χ2v) is 11.2. The van der Waals surface area contributed by atoms with Crippen LogP contribution in [0.2, 0.25) is 0 Å². The Labute approximate surface area is 227 Å². The normalized spacial score (nSPS) is 12.8. The Bertz CT molecular complexity index is 1380. The standard InChI is InChI=1S/C24H24Br3N3O5/c1-6-34-17-9-13(18(26)19(27)20(17)35-12(2)22(32)33)11-28-30-21(31)15-10-14(25)7-8-16(15)29-23(30)24(3,4)5/h7-12H,6H2,1-5H3,(H,32,33)/t12-/m0/s1. The Hall–Kier alpha value is -2.24. The highest BCUT2D eigenvalue weighted by atomic mass is 79.9. The molecule has 1 heterocycles. The number of carboxylic acids is 1. The van der Waals surface area contributed by atoms with Crippen molar-refractivity contribution in [3.05, 3.63) is 59.4 Å². The zero-order valence-electron chi connectivity index (χ0n) is 19.7. The second-order valence-electron chi connectivity index (χ2n) is 8.66. The van der Waals surface area contributed by atoms with Gasteiger partial charge in [-0.3, -0.25) is 4.79 Å². The highest BCUT2D eigenvalue weighted by molar-refractivity contribution is 9.13. The van der Waals surface area contributed by atoms with E-state index >= 15 is 0 Å². The lowest BCUT2D eigenvalue weighted by Gasteiger charge is -2.21. The highest BCUT2D eigenvalue weighted by Crippen LogP contribution is 2.43. The Morgan fingerprint density at radius 3 is 2.51 bits per heavy atom. The quantitative estimate of drug-likeness (QED) is 0.304. The lowest BCUT2D eigenvalue weighted by atomic mass is 9.95. The molecule has 186 valence electrons. The minimum atomic E-state index is -1.11. The molecule has 0 saturated carbocycles. The third kappa shape index (κ3) is 5.95. The van der Waals surface area contributed by atoms with E-state index in [2.05, 4.69) is 52.9 Å². The topological polar surface area (TPSA) is 103 Å². The molecule has 1 atom stereocenters. The van der Waals surface area contributed by atoms with Crippen molar-refractivity contribution in [1.29, 1.82) is 0 Å². The fourth-order valence-corrected chi connectivity index (χ4v) is 4.44. The Morgan fingerprint density at radius 1 is 1.23 bits per heavy atom. The molecule has 0 fully saturated rings. The molecule has 8 nitrogen and oxygen atoms in total. The predicted molar refractivity (Wildman–Crippen MR) is 146 cm³/mol. The summed E-state index contributed by atoms with van der Waals surface area (Å²) in [5.74, 6) is -0.0220. The van der Waals surface area contributed by atoms with Gasteiger partial charge in [-0.2, -0.15) is 9.78 Å². The molecule has 35 heavy (non-hydrogen) atoms. The molecular formula is C24H24Br3N3O5. The lowest BCUT2D eigenvalue weighted by Crippen LogP contribution is -2.29. The minimum absolute atomic E-state index is 0.246. The average Bonchev–Trinajstić information content (AvgIpc) is 2.78. The molecule has 3 aromatic rings. The van der Waals surface area contributed by atoms with Gasteiger partial charge in [0.05, 0.1) is 28.2 Å². The number of carboxylic acid groups (broad SMARTS) is 1. The van der Waals surface area contributed by atoms with Gasteiger partial charge in [-0.1, -0.05) is 36.7 Å². The molecule has 0 unspecified atom stereocenters. The zero-order chi connectivity index (χ0) is 26.1. The number of aliphatic carboxylic acids is 1. The average molecular weight is 674 g/mol. The van der Waals surface area contributed by atoms with Crippen LogP contribution in [-0.2, 0) is 10.2 Å². The predicted octanol–water partition coefficient (Wildman–Crippen LogP) is 6.11. The molecule has 0 spiro atoms. The monoisotopic (exact) mass is 671 g/mol. The van der Waals surface area contributed by atoms with Crippen molar-refractivity contribution in [2.75, 3.05) is 6.61 Å². The largest absolute Gasteiger partial charge is 0.490 e. The van der Waals surface area contributed by atoms with Crippen molar-refractivity contribution in [3.8, 4) is 11.5 Å². The number of hydrogen-bond acceptors (Lipinski definition) is 6. The number of aromatic nitrogens is 2. The van der Waals surface area contributed by atoms with Gasteiger partial charge in [0.2, 0.25) is 0 Å². The molecule has 1 N–H and O–H groups in total. The number of ether oxygens (including phenoxy) is 2. The van der Waals surface area contributed by atoms with Crippen LogP contribution in [0.15, 0.2) is 47.6 Å². The summed E-state index contributed by atoms with van der Waals surface area (Å²) in [7, 11) is 0. The number of rotatable bonds is 7. The number of benzene rings is 2. The maximum Gasteiger partial charge on any atom is 0.344 e. The van der Waals surface area contributed by atoms with Crippen molar-refractivity contribution < 1.29 is 19.4 Å². The molecule has 2 aromatic carbocycles. The SMILES string of the molecule is CCOc1cc(C=Nn2c(C(C)(C)C)nc3ccc(Br)cc3c2=O)c(Br)c(Br)c1O[C@@H](C)C(=O)O. The molecule has 0 radical (unpaired) electrons. The van der Waals surface area contributed by atoms with Crippen molar-refractivity contribution in [1.82, 2.24) is 9.66 Å². The van der Waals surface area contributed by atoms with E-state index in [4.69, 9.17) is 14.5 Å². The van der Waals surface area contributed by atoms with Gasteiger partial charge in [0.25, 0.3) is 5.56 Å². The van der Waals surface area contributed by atoms with E-state index in [1.165, 1.54) is 17.8 Å². The van der Waals surface area contributed by atoms with Crippen molar-refractivity contribution in [2.24, 2.45) is 5.10 Å². The highest BCUT2D eigenvalue weighted by Gasteiger charge is 2.24. The van der Waals surface area contributed by atoms with Gasteiger partial charge in [0, 0.05) is 19.9 Å². The maximum absolute atomic E-state index is 13.4. The molecule has 0 aliphatic rings. The zero-order valence-corrected chi connectivity index (χ0v) is 24.5. The van der Waals surface area contributed by atoms with Gasteiger partial charge >= 0.3 is 5.97 Å². The molecule has 3 rings (SSSR count). The van der Waals surface area contributed by atoms with E-state index in [0.29, 0.717) is 43.6 Å². The summed E-state index contributed by atoms with van der Waals surface area (Å²) in [6, 6.07) is 7.02. The van der Waals surface area contributed by atoms with Crippen LogP contribution in [0.25, 0.3) is 10.9 Å². The first-order chi connectivity index (χ1) is 16.3. The summed E-state index contributed by atoms with van der Waals surface area (Å²) in [5, 5.41) is 14.2. The molecular weight excluding hydrogens is 650 g/mol. The van der Waals surface area contributed by atoms with E-state index in [1.807, 2.05) is 33.8 Å². The van der Waals surface area contributed by atoms with Crippen LogP contribution in [0.3, 0.4) is 0 Å². The number of nitrogens with zero attached hydrogens (tertiary/aromatic N) is 3. The third-order valence-corrected chi connectivity index (χ3v) is 7.53. The summed E-state index contributed by atoms with van der Waals surface area (Å²) in [6.45, 7) is 9.45. The van der Waals surface area contributed by atoms with Crippen LogP contribution in [0.5, 0.6) is 11.5 Å². The molecule has 0 aliphatic carbocycles. The van der Waals surface area contributed by atoms with Gasteiger partial charge in [0.1, 0.15) is 5.82 Å². The van der Waals surface area contributed by atoms with Crippen molar-refractivity contribution >= 4 is 70.9 Å². The molecule has 0 saturated heterocycles. The van der Waals surface area contributed by atoms with Gasteiger partial charge in [-0.25, -0.2) is 9.78 Å². The minimum Gasteiger partial charge on any atom is -0.490 e. The number of hydrogen-bond donors (Lipinski definition) is 1. The van der Waals surface area contributed by atoms with E-state index in [9.17, 15) is 14.7 Å². The summed E-state index contributed by atoms with van der Waals surface area (Å²) < 4.78 is 14.4. The lowest BCUT2D eigenvalue weighted by molar-refractivity contribution is -0.144. The van der Waals surface area contributed by atoms with Crippen LogP contribution in [-0.4, -0.2) is 39.7 Å². The summed E-state index contributed by atoms with van der Waals surface area (Å²) in [5.41, 5.74) is 0.410. The van der Waals surface area contributed by atoms with E-state index in [1.54, 1.807) is 18.2 Å². The fraction of sp³-hybridized carbons (Fsp3) is 0.333. The molecule has 1 aromatic heterocycles. The fourth-order valence-electron chi connectivity index (χ4n) is 3.16. The van der Waals surface area contributed by atoms with E-state index < -0.39 is 17.5 Å². The van der Waals surface area contributed by atoms with Crippen LogP contribution in [0, 0.1) is 0 Å². The number of fused-ring (bicyclic) bond motifs is 1. The van der Waals surface area contributed by atoms with E-state index in [-0.39, 0.29) is 11.3 Å². The summed E-state index contributed by atoms with van der Waals surface area (Å²) >= 11 is 10.4. The second kappa shape index (κ2) is 10.8. The Kier molecular flexibility index (Phi) is 8.44. The van der Waals surface area contributed by atoms with Crippen LogP contribution in [0.4, 0.5) is 0 Å². The van der Waals surface area contributed by atoms with Gasteiger partial charge in [-0.15, -0.1) is 0 Å². The number of halogens is 3. The third-order valence-electron chi connectivity index (χ3n) is 4.89. The first-order valence-corrected chi connectivity index (χ1v) is 13.0. The smallest absolute Gasteiger partial charge is 0.344 e. The van der Waals surface area contributed by atoms with Gasteiger partial charge in [-0.05, 0) is 70.0 Å². The summed E-state index contributed by atoms with van der Waals surface area (Å²) in [4.78, 5) is 29.4. The molecule has 0 aliphatic heterocycles. The van der Waals surface area contributed by atoms with Crippen molar-refractivity contribution in [3.63, 3.8) is 0 Å². The molecule has 0 amide bonds. The van der Waals surface area contributed by atoms with E-state index in [0.717, 1.165) is 4.47 Å². The Balaban J connectivity index is 2.19.